The topological polar surface area (TPSA) is 42.7 Å². The summed E-state index contributed by atoms with van der Waals surface area (Å²) in [6, 6.07) is 4.21. The van der Waals surface area contributed by atoms with Crippen LogP contribution in [0.1, 0.15) is 10.6 Å². The van der Waals surface area contributed by atoms with Crippen molar-refractivity contribution in [1.29, 1.82) is 0 Å². The van der Waals surface area contributed by atoms with Crippen LogP contribution in [0.15, 0.2) is 26.6 Å². The highest BCUT2D eigenvalue weighted by molar-refractivity contribution is 9.13. The number of aryl methyl sites for hydroxylation is 2. The second-order valence-electron chi connectivity index (χ2n) is 4.49. The van der Waals surface area contributed by atoms with Gasteiger partial charge in [-0.1, -0.05) is 0 Å². The second kappa shape index (κ2) is 5.46. The van der Waals surface area contributed by atoms with Gasteiger partial charge in [-0.15, -0.1) is 11.3 Å². The maximum absolute atomic E-state index is 4.46. The summed E-state index contributed by atoms with van der Waals surface area (Å²) in [5.74, 6) is 0. The molecule has 0 aliphatic heterocycles. The Bertz CT molecular complexity index is 759. The Labute approximate surface area is 137 Å². The lowest BCUT2D eigenvalue weighted by Gasteiger charge is -2.04. The van der Waals surface area contributed by atoms with Crippen molar-refractivity contribution < 1.29 is 0 Å². The van der Waals surface area contributed by atoms with E-state index in [2.05, 4.69) is 59.4 Å². The first-order valence-corrected chi connectivity index (χ1v) is 8.42. The Balaban J connectivity index is 1.82. The summed E-state index contributed by atoms with van der Waals surface area (Å²) in [5, 5.41) is 8.87. The lowest BCUT2D eigenvalue weighted by Crippen LogP contribution is -1.98. The number of thiophene rings is 1. The summed E-state index contributed by atoms with van der Waals surface area (Å²) in [6.45, 7) is 2.78. The predicted octanol–water partition coefficient (Wildman–Crippen LogP) is 4.48. The number of pyridine rings is 1. The molecule has 4 nitrogen and oxygen atoms in total. The van der Waals surface area contributed by atoms with E-state index in [-0.39, 0.29) is 0 Å². The van der Waals surface area contributed by atoms with Gasteiger partial charge in [-0.25, -0.2) is 4.98 Å². The minimum absolute atomic E-state index is 0.779. The summed E-state index contributed by atoms with van der Waals surface area (Å²) >= 11 is 8.72. The van der Waals surface area contributed by atoms with E-state index in [4.69, 9.17) is 0 Å². The van der Waals surface area contributed by atoms with Crippen molar-refractivity contribution in [2.75, 3.05) is 5.32 Å². The van der Waals surface area contributed by atoms with Crippen LogP contribution in [0, 0.1) is 6.92 Å². The highest BCUT2D eigenvalue weighted by Gasteiger charge is 2.08. The van der Waals surface area contributed by atoms with Crippen LogP contribution in [0.2, 0.25) is 0 Å². The number of anilines is 1. The number of halogens is 2. The van der Waals surface area contributed by atoms with Crippen LogP contribution in [0.4, 0.5) is 5.69 Å². The molecule has 3 aromatic heterocycles. The maximum Gasteiger partial charge on any atom is 0.157 e. The van der Waals surface area contributed by atoms with Crippen LogP contribution in [0.5, 0.6) is 0 Å². The van der Waals surface area contributed by atoms with Crippen LogP contribution in [0.25, 0.3) is 11.0 Å². The van der Waals surface area contributed by atoms with Gasteiger partial charge in [0.05, 0.1) is 21.4 Å². The Morgan fingerprint density at radius 3 is 2.85 bits per heavy atom. The molecule has 0 saturated carbocycles. The molecule has 0 aliphatic rings. The molecule has 7 heteroatoms. The van der Waals surface area contributed by atoms with Crippen LogP contribution >= 0.6 is 43.2 Å². The molecule has 0 fully saturated rings. The molecule has 3 rings (SSSR count). The number of fused-ring (bicyclic) bond motifs is 1. The molecule has 0 saturated heterocycles. The summed E-state index contributed by atoms with van der Waals surface area (Å²) in [4.78, 5) is 5.72. The first-order chi connectivity index (χ1) is 9.54. The van der Waals surface area contributed by atoms with Gasteiger partial charge < -0.3 is 5.32 Å². The van der Waals surface area contributed by atoms with Gasteiger partial charge in [0.1, 0.15) is 0 Å². The summed E-state index contributed by atoms with van der Waals surface area (Å²) in [6.07, 6.45) is 1.85. The van der Waals surface area contributed by atoms with Gasteiger partial charge in [-0.2, -0.15) is 5.10 Å². The van der Waals surface area contributed by atoms with E-state index in [9.17, 15) is 0 Å². The summed E-state index contributed by atoms with van der Waals surface area (Å²) < 4.78 is 4.02. The van der Waals surface area contributed by atoms with Gasteiger partial charge >= 0.3 is 0 Å². The van der Waals surface area contributed by atoms with Gasteiger partial charge in [-0.05, 0) is 50.9 Å². The Kier molecular flexibility index (Phi) is 3.83. The van der Waals surface area contributed by atoms with Crippen LogP contribution in [-0.2, 0) is 13.6 Å². The molecule has 0 unspecified atom stereocenters. The zero-order valence-corrected chi connectivity index (χ0v) is 14.9. The molecule has 1 N–H and O–H groups in total. The molecule has 104 valence electrons. The van der Waals surface area contributed by atoms with Crippen molar-refractivity contribution in [2.24, 2.45) is 7.05 Å². The summed E-state index contributed by atoms with van der Waals surface area (Å²) in [5.41, 5.74) is 2.92. The second-order valence-corrected chi connectivity index (χ2v) is 7.80. The molecule has 0 aromatic carbocycles. The molecule has 3 heterocycles. The van der Waals surface area contributed by atoms with Gasteiger partial charge in [-0.3, -0.25) is 4.68 Å². The first kappa shape index (κ1) is 14.0. The average molecular weight is 416 g/mol. The SMILES string of the molecule is Cc1nn(C)c2ncc(NCc3cc(Br)c(Br)s3)cc12. The maximum atomic E-state index is 4.46. The standard InChI is InChI=1S/C13H12Br2N4S/c1-7-10-3-8(5-17-13(10)19(2)18-7)16-6-9-4-11(14)12(15)20-9/h3-5,16H,6H2,1-2H3. The normalized spacial score (nSPS) is 11.2. The van der Waals surface area contributed by atoms with E-state index in [0.717, 1.165) is 37.2 Å². The largest absolute Gasteiger partial charge is 0.379 e. The zero-order valence-electron chi connectivity index (χ0n) is 10.9. The van der Waals surface area contributed by atoms with Crippen molar-refractivity contribution in [3.05, 3.63) is 37.2 Å². The fourth-order valence-electron chi connectivity index (χ4n) is 2.07. The molecular weight excluding hydrogens is 404 g/mol. The molecule has 20 heavy (non-hydrogen) atoms. The molecule has 0 bridgehead atoms. The molecular formula is C13H12Br2N4S. The van der Waals surface area contributed by atoms with E-state index >= 15 is 0 Å². The number of hydrogen-bond acceptors (Lipinski definition) is 4. The highest BCUT2D eigenvalue weighted by Crippen LogP contribution is 2.32. The fraction of sp³-hybridized carbons (Fsp3) is 0.231. The molecule has 3 aromatic rings. The van der Waals surface area contributed by atoms with E-state index in [1.807, 2.05) is 24.9 Å². The van der Waals surface area contributed by atoms with Crippen molar-refractivity contribution in [3.8, 4) is 0 Å². The zero-order chi connectivity index (χ0) is 14.3. The van der Waals surface area contributed by atoms with Crippen LogP contribution in [0.3, 0.4) is 0 Å². The monoisotopic (exact) mass is 414 g/mol. The number of aromatic nitrogens is 3. The van der Waals surface area contributed by atoms with Crippen molar-refractivity contribution in [1.82, 2.24) is 14.8 Å². The number of hydrogen-bond donors (Lipinski definition) is 1. The van der Waals surface area contributed by atoms with E-state index in [1.165, 1.54) is 4.88 Å². The molecule has 0 aliphatic carbocycles. The molecule has 0 spiro atoms. The van der Waals surface area contributed by atoms with Gasteiger partial charge in [0.2, 0.25) is 0 Å². The predicted molar refractivity (Wildman–Crippen MR) is 90.3 cm³/mol. The van der Waals surface area contributed by atoms with Crippen LogP contribution in [-0.4, -0.2) is 14.8 Å². The smallest absolute Gasteiger partial charge is 0.157 e. The quantitative estimate of drug-likeness (QED) is 0.685. The number of rotatable bonds is 3. The number of nitrogens with zero attached hydrogens (tertiary/aromatic N) is 3. The van der Waals surface area contributed by atoms with E-state index in [0.29, 0.717) is 0 Å². The van der Waals surface area contributed by atoms with E-state index in [1.54, 1.807) is 11.3 Å². The third-order valence-electron chi connectivity index (χ3n) is 3.03. The van der Waals surface area contributed by atoms with Crippen LogP contribution < -0.4 is 5.32 Å². The third-order valence-corrected chi connectivity index (χ3v) is 6.28. The Hall–Kier alpha value is -0.920. The van der Waals surface area contributed by atoms with Gasteiger partial charge in [0, 0.05) is 28.3 Å². The highest BCUT2D eigenvalue weighted by atomic mass is 79.9. The minimum Gasteiger partial charge on any atom is -0.379 e. The minimum atomic E-state index is 0.779. The van der Waals surface area contributed by atoms with Crippen molar-refractivity contribution >= 4 is 59.9 Å². The lowest BCUT2D eigenvalue weighted by molar-refractivity contribution is 0.774. The molecule has 0 amide bonds. The average Bonchev–Trinajstić information content (AvgIpc) is 2.88. The van der Waals surface area contributed by atoms with Gasteiger partial charge in [0.15, 0.2) is 5.65 Å². The van der Waals surface area contributed by atoms with Crippen molar-refractivity contribution in [2.45, 2.75) is 13.5 Å². The number of nitrogens with one attached hydrogen (secondary N) is 1. The Morgan fingerprint density at radius 1 is 1.35 bits per heavy atom. The lowest BCUT2D eigenvalue weighted by atomic mass is 10.2. The third kappa shape index (κ3) is 2.62. The molecule has 0 atom stereocenters. The van der Waals surface area contributed by atoms with Crippen molar-refractivity contribution in [3.63, 3.8) is 0 Å². The molecule has 0 radical (unpaired) electrons. The Morgan fingerprint density at radius 2 is 2.15 bits per heavy atom. The fourth-order valence-corrected chi connectivity index (χ4v) is 4.19. The van der Waals surface area contributed by atoms with Gasteiger partial charge in [0.25, 0.3) is 0 Å². The van der Waals surface area contributed by atoms with E-state index < -0.39 is 0 Å². The summed E-state index contributed by atoms with van der Waals surface area (Å²) in [7, 11) is 1.91. The first-order valence-electron chi connectivity index (χ1n) is 6.01.